The van der Waals surface area contributed by atoms with Crippen LogP contribution in [0, 0.1) is 5.82 Å². The third-order valence-electron chi connectivity index (χ3n) is 3.55. The summed E-state index contributed by atoms with van der Waals surface area (Å²) in [5, 5.41) is 10.3. The molecule has 98 valence electrons. The van der Waals surface area contributed by atoms with Crippen LogP contribution in [-0.2, 0) is 11.2 Å². The normalized spacial score (nSPS) is 18.6. The summed E-state index contributed by atoms with van der Waals surface area (Å²) in [5.74, 6) is -0.749. The van der Waals surface area contributed by atoms with E-state index in [0.717, 1.165) is 19.3 Å². The molecule has 1 aliphatic carbocycles. The van der Waals surface area contributed by atoms with E-state index in [-0.39, 0.29) is 17.2 Å². The number of aliphatic hydroxyl groups is 1. The number of hydrogen-bond acceptors (Lipinski definition) is 2. The van der Waals surface area contributed by atoms with E-state index in [4.69, 9.17) is 11.6 Å². The van der Waals surface area contributed by atoms with Crippen molar-refractivity contribution in [3.63, 3.8) is 0 Å². The number of halogens is 2. The third kappa shape index (κ3) is 2.90. The van der Waals surface area contributed by atoms with Crippen LogP contribution in [0.25, 0.3) is 0 Å². The molecule has 0 aromatic heterocycles. The minimum Gasteiger partial charge on any atom is -0.382 e. The van der Waals surface area contributed by atoms with Gasteiger partial charge in [-0.1, -0.05) is 36.9 Å². The van der Waals surface area contributed by atoms with Gasteiger partial charge in [0.25, 0.3) is 0 Å². The number of ketones is 1. The number of carbonyl (C=O) groups excluding carboxylic acids is 1. The highest BCUT2D eigenvalue weighted by Gasteiger charge is 2.36. The number of Topliss-reactive ketones (excluding diaryl/α,β-unsaturated/α-hetero) is 1. The van der Waals surface area contributed by atoms with E-state index in [2.05, 4.69) is 0 Å². The van der Waals surface area contributed by atoms with Crippen LogP contribution in [-0.4, -0.2) is 16.5 Å². The zero-order chi connectivity index (χ0) is 13.2. The molecule has 1 aromatic carbocycles. The molecule has 0 bridgehead atoms. The molecule has 0 heterocycles. The summed E-state index contributed by atoms with van der Waals surface area (Å²) in [4.78, 5) is 12.1. The van der Waals surface area contributed by atoms with Gasteiger partial charge in [-0.25, -0.2) is 4.39 Å². The lowest BCUT2D eigenvalue weighted by molar-refractivity contribution is -0.139. The SMILES string of the molecule is O=C(Cc1ccc(Cl)c(F)c1)C1(O)CCCCC1. The maximum absolute atomic E-state index is 13.3. The van der Waals surface area contributed by atoms with Crippen LogP contribution in [0.1, 0.15) is 37.7 Å². The molecule has 0 radical (unpaired) electrons. The van der Waals surface area contributed by atoms with Crippen LogP contribution >= 0.6 is 11.6 Å². The van der Waals surface area contributed by atoms with E-state index in [9.17, 15) is 14.3 Å². The Hall–Kier alpha value is -0.930. The van der Waals surface area contributed by atoms with Gasteiger partial charge in [-0.2, -0.15) is 0 Å². The Kier molecular flexibility index (Phi) is 4.03. The number of carbonyl (C=O) groups is 1. The summed E-state index contributed by atoms with van der Waals surface area (Å²) in [6, 6.07) is 4.31. The second-order valence-electron chi connectivity index (χ2n) is 4.94. The van der Waals surface area contributed by atoms with Crippen molar-refractivity contribution < 1.29 is 14.3 Å². The molecule has 0 saturated heterocycles. The molecular formula is C14H16ClFO2. The summed E-state index contributed by atoms with van der Waals surface area (Å²) < 4.78 is 13.3. The van der Waals surface area contributed by atoms with Gasteiger partial charge in [0.2, 0.25) is 0 Å². The fourth-order valence-corrected chi connectivity index (χ4v) is 2.53. The number of rotatable bonds is 3. The highest BCUT2D eigenvalue weighted by molar-refractivity contribution is 6.30. The van der Waals surface area contributed by atoms with Crippen molar-refractivity contribution in [2.24, 2.45) is 0 Å². The molecule has 1 fully saturated rings. The average Bonchev–Trinajstić information content (AvgIpc) is 2.35. The first-order valence-corrected chi connectivity index (χ1v) is 6.59. The van der Waals surface area contributed by atoms with Crippen molar-refractivity contribution >= 4 is 17.4 Å². The molecule has 0 amide bonds. The lowest BCUT2D eigenvalue weighted by Gasteiger charge is -2.30. The smallest absolute Gasteiger partial charge is 0.168 e. The van der Waals surface area contributed by atoms with Crippen LogP contribution in [0.4, 0.5) is 4.39 Å². The molecule has 0 spiro atoms. The summed E-state index contributed by atoms with van der Waals surface area (Å²) in [6.45, 7) is 0. The van der Waals surface area contributed by atoms with Gasteiger partial charge < -0.3 is 5.11 Å². The first kappa shape index (κ1) is 13.5. The van der Waals surface area contributed by atoms with E-state index >= 15 is 0 Å². The van der Waals surface area contributed by atoms with Crippen molar-refractivity contribution in [3.05, 3.63) is 34.6 Å². The van der Waals surface area contributed by atoms with Gasteiger partial charge >= 0.3 is 0 Å². The van der Waals surface area contributed by atoms with Crippen LogP contribution in [0.5, 0.6) is 0 Å². The zero-order valence-corrected chi connectivity index (χ0v) is 10.8. The van der Waals surface area contributed by atoms with E-state index in [1.165, 1.54) is 12.1 Å². The predicted octanol–water partition coefficient (Wildman–Crippen LogP) is 3.29. The molecule has 1 aromatic rings. The minimum absolute atomic E-state index is 0.0441. The maximum atomic E-state index is 13.3. The standard InChI is InChI=1S/C14H16ClFO2/c15-11-5-4-10(8-12(11)16)9-13(17)14(18)6-2-1-3-7-14/h4-5,8,18H,1-3,6-7,9H2. The molecule has 2 rings (SSSR count). The highest BCUT2D eigenvalue weighted by Crippen LogP contribution is 2.30. The molecule has 1 saturated carbocycles. The second kappa shape index (κ2) is 5.37. The van der Waals surface area contributed by atoms with Crippen LogP contribution in [0.3, 0.4) is 0 Å². The van der Waals surface area contributed by atoms with Crippen molar-refractivity contribution in [1.29, 1.82) is 0 Å². The van der Waals surface area contributed by atoms with Gasteiger partial charge in [0.05, 0.1) is 5.02 Å². The summed E-state index contributed by atoms with van der Waals surface area (Å²) in [5.41, 5.74) is -0.658. The lowest BCUT2D eigenvalue weighted by Crippen LogP contribution is -2.41. The van der Waals surface area contributed by atoms with Crippen LogP contribution in [0.2, 0.25) is 5.02 Å². The van der Waals surface area contributed by atoms with Crippen LogP contribution in [0.15, 0.2) is 18.2 Å². The van der Waals surface area contributed by atoms with Gasteiger partial charge in [0.1, 0.15) is 11.4 Å². The fraction of sp³-hybridized carbons (Fsp3) is 0.500. The molecule has 0 atom stereocenters. The van der Waals surface area contributed by atoms with Crippen molar-refractivity contribution in [3.8, 4) is 0 Å². The Morgan fingerprint density at radius 3 is 2.61 bits per heavy atom. The molecule has 4 heteroatoms. The summed E-state index contributed by atoms with van der Waals surface area (Å²) >= 11 is 5.58. The number of hydrogen-bond donors (Lipinski definition) is 1. The largest absolute Gasteiger partial charge is 0.382 e. The van der Waals surface area contributed by atoms with Crippen LogP contribution < -0.4 is 0 Å². The third-order valence-corrected chi connectivity index (χ3v) is 3.85. The molecular weight excluding hydrogens is 255 g/mol. The molecule has 0 unspecified atom stereocenters. The fourth-order valence-electron chi connectivity index (χ4n) is 2.42. The Labute approximate surface area is 111 Å². The highest BCUT2D eigenvalue weighted by atomic mass is 35.5. The Balaban J connectivity index is 2.08. The molecule has 2 nitrogen and oxygen atoms in total. The first-order chi connectivity index (χ1) is 8.51. The Morgan fingerprint density at radius 1 is 1.33 bits per heavy atom. The van der Waals surface area contributed by atoms with E-state index in [1.54, 1.807) is 6.07 Å². The van der Waals surface area contributed by atoms with E-state index in [1.807, 2.05) is 0 Å². The van der Waals surface area contributed by atoms with Crippen molar-refractivity contribution in [2.45, 2.75) is 44.1 Å². The molecule has 0 aliphatic heterocycles. The van der Waals surface area contributed by atoms with Crippen molar-refractivity contribution in [2.75, 3.05) is 0 Å². The lowest BCUT2D eigenvalue weighted by atomic mass is 9.80. The quantitative estimate of drug-likeness (QED) is 0.915. The Morgan fingerprint density at radius 2 is 2.00 bits per heavy atom. The Bertz CT molecular complexity index is 453. The predicted molar refractivity (Wildman–Crippen MR) is 68.2 cm³/mol. The van der Waals surface area contributed by atoms with Gasteiger partial charge in [-0.15, -0.1) is 0 Å². The van der Waals surface area contributed by atoms with Gasteiger partial charge in [-0.3, -0.25) is 4.79 Å². The summed E-state index contributed by atoms with van der Waals surface area (Å²) in [7, 11) is 0. The summed E-state index contributed by atoms with van der Waals surface area (Å²) in [6.07, 6.45) is 3.90. The van der Waals surface area contributed by atoms with Gasteiger partial charge in [0, 0.05) is 6.42 Å². The molecule has 1 N–H and O–H groups in total. The second-order valence-corrected chi connectivity index (χ2v) is 5.35. The molecule has 18 heavy (non-hydrogen) atoms. The van der Waals surface area contributed by atoms with E-state index in [0.29, 0.717) is 18.4 Å². The van der Waals surface area contributed by atoms with Gasteiger partial charge in [-0.05, 0) is 30.5 Å². The first-order valence-electron chi connectivity index (χ1n) is 6.21. The number of benzene rings is 1. The van der Waals surface area contributed by atoms with Gasteiger partial charge in [0.15, 0.2) is 5.78 Å². The monoisotopic (exact) mass is 270 g/mol. The average molecular weight is 271 g/mol. The zero-order valence-electron chi connectivity index (χ0n) is 10.1. The van der Waals surface area contributed by atoms with E-state index < -0.39 is 11.4 Å². The molecule has 1 aliphatic rings. The topological polar surface area (TPSA) is 37.3 Å². The maximum Gasteiger partial charge on any atom is 0.168 e. The minimum atomic E-state index is -1.21. The van der Waals surface area contributed by atoms with Crippen molar-refractivity contribution in [1.82, 2.24) is 0 Å².